The highest BCUT2D eigenvalue weighted by Crippen LogP contribution is 2.25. The summed E-state index contributed by atoms with van der Waals surface area (Å²) in [5.41, 5.74) is 5.26. The zero-order chi connectivity index (χ0) is 29.6. The van der Waals surface area contributed by atoms with Crippen LogP contribution in [0.4, 0.5) is 0 Å². The minimum atomic E-state index is -0.261. The van der Waals surface area contributed by atoms with Crippen LogP contribution in [0.3, 0.4) is 0 Å². The van der Waals surface area contributed by atoms with E-state index in [0.717, 1.165) is 27.9 Å². The summed E-state index contributed by atoms with van der Waals surface area (Å²) in [4.78, 5) is 60.7. The van der Waals surface area contributed by atoms with Crippen molar-refractivity contribution in [3.63, 3.8) is 0 Å². The van der Waals surface area contributed by atoms with Crippen molar-refractivity contribution in [3.05, 3.63) is 46.2 Å². The normalized spacial score (nSPS) is 19.3. The number of amides is 4. The van der Waals surface area contributed by atoms with E-state index in [1.54, 1.807) is 28.3 Å². The molecule has 5 rings (SSSR count). The van der Waals surface area contributed by atoms with Crippen LogP contribution in [0.5, 0.6) is 0 Å². The SMILES string of the molecule is COCCN1CC(=O)NC2CCc3c(c(nn3C)C(=O)NCCCN(C(=O)c3cccc4ncsc34)CCCC1=O)C2. The fourth-order valence-electron chi connectivity index (χ4n) is 5.71. The third kappa shape index (κ3) is 6.62. The zero-order valence-electron chi connectivity index (χ0n) is 24.1. The Bertz CT molecular complexity index is 1470. The summed E-state index contributed by atoms with van der Waals surface area (Å²) in [6.07, 6.45) is 3.07. The fraction of sp³-hybridized carbons (Fsp3) is 0.517. The van der Waals surface area contributed by atoms with E-state index in [9.17, 15) is 19.2 Å². The average Bonchev–Trinajstić information content (AvgIpc) is 3.59. The molecule has 2 aromatic heterocycles. The second-order valence-electron chi connectivity index (χ2n) is 10.7. The highest BCUT2D eigenvalue weighted by atomic mass is 32.1. The van der Waals surface area contributed by atoms with Crippen molar-refractivity contribution < 1.29 is 23.9 Å². The highest BCUT2D eigenvalue weighted by molar-refractivity contribution is 7.17. The molecule has 12 nitrogen and oxygen atoms in total. The Labute approximate surface area is 248 Å². The molecule has 2 N–H and O–H groups in total. The smallest absolute Gasteiger partial charge is 0.272 e. The van der Waals surface area contributed by atoms with Gasteiger partial charge in [0.25, 0.3) is 11.8 Å². The van der Waals surface area contributed by atoms with E-state index in [0.29, 0.717) is 69.7 Å². The highest BCUT2D eigenvalue weighted by Gasteiger charge is 2.30. The molecule has 1 aliphatic carbocycles. The fourth-order valence-corrected chi connectivity index (χ4v) is 6.51. The van der Waals surface area contributed by atoms with Crippen LogP contribution in [0.2, 0.25) is 0 Å². The maximum absolute atomic E-state index is 13.7. The number of fused-ring (bicyclic) bond motifs is 2. The number of carbonyl (C=O) groups is 4. The summed E-state index contributed by atoms with van der Waals surface area (Å²) in [6.45, 7) is 1.64. The Morgan fingerprint density at radius 3 is 2.83 bits per heavy atom. The molecule has 1 aliphatic heterocycles. The van der Waals surface area contributed by atoms with Gasteiger partial charge in [-0.3, -0.25) is 23.9 Å². The number of hydrogen-bond acceptors (Lipinski definition) is 8. The van der Waals surface area contributed by atoms with Crippen molar-refractivity contribution in [3.8, 4) is 0 Å². The first kappa shape index (κ1) is 29.6. The predicted octanol–water partition coefficient (Wildman–Crippen LogP) is 1.53. The van der Waals surface area contributed by atoms with Gasteiger partial charge in [-0.15, -0.1) is 11.3 Å². The predicted molar refractivity (Wildman–Crippen MR) is 157 cm³/mol. The Morgan fingerprint density at radius 1 is 1.17 bits per heavy atom. The maximum atomic E-state index is 13.7. The Hall–Kier alpha value is -3.84. The van der Waals surface area contributed by atoms with Gasteiger partial charge >= 0.3 is 0 Å². The van der Waals surface area contributed by atoms with Crippen molar-refractivity contribution in [2.24, 2.45) is 7.05 Å². The minimum absolute atomic E-state index is 0.0814. The second-order valence-corrected chi connectivity index (χ2v) is 11.6. The van der Waals surface area contributed by atoms with E-state index in [2.05, 4.69) is 20.7 Å². The van der Waals surface area contributed by atoms with E-state index in [1.807, 2.05) is 19.2 Å². The molecule has 3 heterocycles. The lowest BCUT2D eigenvalue weighted by Crippen LogP contribution is -2.47. The van der Waals surface area contributed by atoms with Gasteiger partial charge in [-0.2, -0.15) is 5.10 Å². The van der Waals surface area contributed by atoms with Crippen molar-refractivity contribution in [1.82, 2.24) is 35.2 Å². The Balaban J connectivity index is 1.38. The van der Waals surface area contributed by atoms with Gasteiger partial charge in [0, 0.05) is 64.1 Å². The largest absolute Gasteiger partial charge is 0.383 e. The molecule has 0 fully saturated rings. The van der Waals surface area contributed by atoms with Crippen LogP contribution in [-0.4, -0.2) is 101 Å². The third-order valence-corrected chi connectivity index (χ3v) is 8.75. The first-order chi connectivity index (χ1) is 20.4. The maximum Gasteiger partial charge on any atom is 0.272 e. The van der Waals surface area contributed by atoms with Crippen LogP contribution in [-0.2, 0) is 34.2 Å². The van der Waals surface area contributed by atoms with Crippen LogP contribution in [0.25, 0.3) is 10.2 Å². The molecule has 13 heteroatoms. The van der Waals surface area contributed by atoms with Crippen LogP contribution in [0, 0.1) is 0 Å². The van der Waals surface area contributed by atoms with E-state index >= 15 is 0 Å². The number of aryl methyl sites for hydroxylation is 1. The van der Waals surface area contributed by atoms with Gasteiger partial charge in [-0.05, 0) is 44.2 Å². The van der Waals surface area contributed by atoms with Crippen molar-refractivity contribution in [2.75, 3.05) is 46.4 Å². The van der Waals surface area contributed by atoms with Crippen LogP contribution < -0.4 is 10.6 Å². The first-order valence-corrected chi connectivity index (χ1v) is 15.2. The molecule has 2 bridgehead atoms. The van der Waals surface area contributed by atoms with Gasteiger partial charge in [0.05, 0.1) is 34.4 Å². The summed E-state index contributed by atoms with van der Waals surface area (Å²) in [5, 5.41) is 10.5. The molecule has 0 saturated carbocycles. The third-order valence-electron chi connectivity index (χ3n) is 7.87. The molecule has 3 aromatic rings. The molecular formula is C29H37N7O5S. The average molecular weight is 596 g/mol. The molecule has 1 unspecified atom stereocenters. The molecule has 1 atom stereocenters. The van der Waals surface area contributed by atoms with Gasteiger partial charge < -0.3 is 25.2 Å². The molecule has 0 radical (unpaired) electrons. The van der Waals surface area contributed by atoms with Gasteiger partial charge in [0.15, 0.2) is 5.69 Å². The number of nitrogens with one attached hydrogen (secondary N) is 2. The molecule has 0 saturated heterocycles. The summed E-state index contributed by atoms with van der Waals surface area (Å²) in [6, 6.07) is 5.34. The Kier molecular flexibility index (Phi) is 9.48. The number of hydrogen-bond donors (Lipinski definition) is 2. The van der Waals surface area contributed by atoms with E-state index < -0.39 is 0 Å². The number of ether oxygens (including phenoxy) is 1. The number of thiazole rings is 1. The van der Waals surface area contributed by atoms with Gasteiger partial charge in [-0.25, -0.2) is 4.98 Å². The summed E-state index contributed by atoms with van der Waals surface area (Å²) >= 11 is 1.42. The number of rotatable bonds is 4. The Morgan fingerprint density at radius 2 is 2.00 bits per heavy atom. The molecule has 42 heavy (non-hydrogen) atoms. The number of carbonyl (C=O) groups excluding carboxylic acids is 4. The molecule has 0 spiro atoms. The first-order valence-electron chi connectivity index (χ1n) is 14.4. The topological polar surface area (TPSA) is 139 Å². The van der Waals surface area contributed by atoms with Crippen molar-refractivity contribution >= 4 is 45.2 Å². The van der Waals surface area contributed by atoms with E-state index in [-0.39, 0.29) is 42.6 Å². The summed E-state index contributed by atoms with van der Waals surface area (Å²) in [7, 11) is 3.39. The molecular weight excluding hydrogens is 558 g/mol. The van der Waals surface area contributed by atoms with Gasteiger partial charge in [0.1, 0.15) is 0 Å². The lowest BCUT2D eigenvalue weighted by Gasteiger charge is -2.27. The number of methoxy groups -OCH3 is 1. The zero-order valence-corrected chi connectivity index (χ0v) is 24.9. The quantitative estimate of drug-likeness (QED) is 0.467. The number of benzene rings is 1. The lowest BCUT2D eigenvalue weighted by atomic mass is 9.91. The molecule has 224 valence electrons. The van der Waals surface area contributed by atoms with Gasteiger partial charge in [-0.1, -0.05) is 6.07 Å². The second kappa shape index (κ2) is 13.4. The summed E-state index contributed by atoms with van der Waals surface area (Å²) in [5.74, 6) is -0.812. The summed E-state index contributed by atoms with van der Waals surface area (Å²) < 4.78 is 7.76. The van der Waals surface area contributed by atoms with Gasteiger partial charge in [0.2, 0.25) is 11.8 Å². The van der Waals surface area contributed by atoms with Crippen molar-refractivity contribution in [2.45, 2.75) is 44.6 Å². The number of aromatic nitrogens is 3. The van der Waals surface area contributed by atoms with Crippen LogP contribution in [0.15, 0.2) is 23.7 Å². The lowest BCUT2D eigenvalue weighted by molar-refractivity contribution is -0.137. The van der Waals surface area contributed by atoms with Crippen LogP contribution in [0.1, 0.15) is 57.8 Å². The number of nitrogens with zero attached hydrogens (tertiary/aromatic N) is 5. The standard InChI is InChI=1S/C29H37N7O5S/c1-34-23-10-9-19-16-21(23)26(33-34)28(39)30-11-5-13-35(29(40)20-6-3-7-22-27(20)42-18-31-22)12-4-8-25(38)36(14-15-41-2)17-24(37)32-19/h3,6-7,18-19H,4-5,8-17H2,1-2H3,(H,30,39)(H,32,37). The van der Waals surface area contributed by atoms with Crippen molar-refractivity contribution in [1.29, 1.82) is 0 Å². The monoisotopic (exact) mass is 595 g/mol. The minimum Gasteiger partial charge on any atom is -0.383 e. The van der Waals surface area contributed by atoms with E-state index in [1.165, 1.54) is 16.2 Å². The molecule has 2 aliphatic rings. The van der Waals surface area contributed by atoms with Crippen LogP contribution >= 0.6 is 11.3 Å². The molecule has 4 amide bonds. The van der Waals surface area contributed by atoms with E-state index in [4.69, 9.17) is 4.74 Å². The molecule has 1 aromatic carbocycles.